The van der Waals surface area contributed by atoms with Crippen LogP contribution < -0.4 is 5.32 Å². The van der Waals surface area contributed by atoms with E-state index < -0.39 is 0 Å². The largest absolute Gasteiger partial charge is 0.378 e. The topological polar surface area (TPSA) is 38.3 Å². The van der Waals surface area contributed by atoms with Crippen molar-refractivity contribution in [3.8, 4) is 0 Å². The van der Waals surface area contributed by atoms with Crippen LogP contribution in [0.5, 0.6) is 0 Å². The Morgan fingerprint density at radius 2 is 2.12 bits per heavy atom. The zero-order chi connectivity index (χ0) is 12.2. The van der Waals surface area contributed by atoms with Crippen molar-refractivity contribution in [2.45, 2.75) is 50.5 Å². The molecule has 0 aliphatic heterocycles. The van der Waals surface area contributed by atoms with Gasteiger partial charge in [-0.25, -0.2) is 0 Å². The van der Waals surface area contributed by atoms with E-state index in [1.165, 1.54) is 0 Å². The first-order chi connectivity index (χ1) is 7.49. The van der Waals surface area contributed by atoms with Crippen molar-refractivity contribution in [2.24, 2.45) is 5.92 Å². The molecule has 1 rings (SSSR count). The first kappa shape index (κ1) is 13.8. The summed E-state index contributed by atoms with van der Waals surface area (Å²) in [4.78, 5) is 11.7. The molecule has 1 aliphatic carbocycles. The maximum absolute atomic E-state index is 11.7. The van der Waals surface area contributed by atoms with Crippen molar-refractivity contribution in [1.82, 2.24) is 5.32 Å². The number of methoxy groups -OCH3 is 1. The summed E-state index contributed by atoms with van der Waals surface area (Å²) in [7, 11) is 1.69. The highest BCUT2D eigenvalue weighted by Crippen LogP contribution is 2.37. The molecule has 0 aromatic rings. The quantitative estimate of drug-likeness (QED) is 0.732. The molecule has 0 aromatic carbocycles. The molecule has 0 bridgehead atoms. The number of rotatable bonds is 6. The Morgan fingerprint density at radius 3 is 2.50 bits per heavy atom. The summed E-state index contributed by atoms with van der Waals surface area (Å²) in [5.74, 6) is 0.426. The van der Waals surface area contributed by atoms with Crippen molar-refractivity contribution >= 4 is 17.5 Å². The molecule has 1 amide bonds. The van der Waals surface area contributed by atoms with Gasteiger partial charge in [-0.2, -0.15) is 0 Å². The number of carbonyl (C=O) groups excluding carboxylic acids is 1. The summed E-state index contributed by atoms with van der Waals surface area (Å²) < 4.78 is 5.40. The molecule has 94 valence electrons. The van der Waals surface area contributed by atoms with Crippen LogP contribution >= 0.6 is 11.6 Å². The number of hydrogen-bond acceptors (Lipinski definition) is 2. The fraction of sp³-hybridized carbons (Fsp3) is 0.917. The normalized spacial score (nSPS) is 20.3. The summed E-state index contributed by atoms with van der Waals surface area (Å²) in [5.41, 5.74) is -0.191. The highest BCUT2D eigenvalue weighted by atomic mass is 35.5. The van der Waals surface area contributed by atoms with Crippen molar-refractivity contribution in [3.63, 3.8) is 0 Å². The van der Waals surface area contributed by atoms with E-state index in [-0.39, 0.29) is 16.9 Å². The van der Waals surface area contributed by atoms with Gasteiger partial charge in [0.05, 0.1) is 17.4 Å². The Morgan fingerprint density at radius 1 is 1.50 bits per heavy atom. The maximum Gasteiger partial charge on any atom is 0.222 e. The van der Waals surface area contributed by atoms with Gasteiger partial charge in [-0.15, -0.1) is 11.6 Å². The van der Waals surface area contributed by atoms with E-state index in [0.717, 1.165) is 19.3 Å². The molecular formula is C12H22ClNO2. The van der Waals surface area contributed by atoms with E-state index in [1.54, 1.807) is 7.11 Å². The van der Waals surface area contributed by atoms with Gasteiger partial charge in [0.25, 0.3) is 0 Å². The molecule has 1 aliphatic rings. The number of hydrogen-bond donors (Lipinski definition) is 1. The SMILES string of the molecule is COC1(CC(=O)NCC(Cl)C(C)C)CCC1. The molecule has 0 aromatic heterocycles. The van der Waals surface area contributed by atoms with Gasteiger partial charge in [-0.05, 0) is 25.2 Å². The van der Waals surface area contributed by atoms with Crippen molar-refractivity contribution in [1.29, 1.82) is 0 Å². The number of amides is 1. The third-order valence-electron chi connectivity index (χ3n) is 3.40. The van der Waals surface area contributed by atoms with Crippen LogP contribution in [0.3, 0.4) is 0 Å². The average molecular weight is 248 g/mol. The van der Waals surface area contributed by atoms with Gasteiger partial charge < -0.3 is 10.1 Å². The minimum absolute atomic E-state index is 0.00355. The first-order valence-electron chi connectivity index (χ1n) is 5.95. The lowest BCUT2D eigenvalue weighted by atomic mass is 9.77. The molecule has 1 saturated carbocycles. The molecule has 0 saturated heterocycles. The smallest absolute Gasteiger partial charge is 0.222 e. The number of ether oxygens (including phenoxy) is 1. The van der Waals surface area contributed by atoms with Gasteiger partial charge in [0.15, 0.2) is 0 Å². The van der Waals surface area contributed by atoms with Crippen LogP contribution in [0.25, 0.3) is 0 Å². The molecule has 0 heterocycles. The summed E-state index contributed by atoms with van der Waals surface area (Å²) in [5, 5.41) is 2.87. The number of nitrogens with one attached hydrogen (secondary N) is 1. The lowest BCUT2D eigenvalue weighted by molar-refractivity contribution is -0.134. The Hall–Kier alpha value is -0.280. The molecule has 1 N–H and O–H groups in total. The van der Waals surface area contributed by atoms with Crippen molar-refractivity contribution < 1.29 is 9.53 Å². The summed E-state index contributed by atoms with van der Waals surface area (Å²) in [6.07, 6.45) is 3.60. The van der Waals surface area contributed by atoms with E-state index >= 15 is 0 Å². The molecule has 0 radical (unpaired) electrons. The van der Waals surface area contributed by atoms with Crippen LogP contribution in [0.4, 0.5) is 0 Å². The van der Waals surface area contributed by atoms with Crippen LogP contribution in [0.2, 0.25) is 0 Å². The number of carbonyl (C=O) groups is 1. The van der Waals surface area contributed by atoms with E-state index in [1.807, 2.05) is 13.8 Å². The molecule has 3 nitrogen and oxygen atoms in total. The predicted octanol–water partition coefficient (Wildman–Crippen LogP) is 2.33. The molecule has 1 fully saturated rings. The van der Waals surface area contributed by atoms with Gasteiger partial charge in [-0.3, -0.25) is 4.79 Å². The molecular weight excluding hydrogens is 226 g/mol. The van der Waals surface area contributed by atoms with Gasteiger partial charge in [0.1, 0.15) is 0 Å². The maximum atomic E-state index is 11.7. The minimum atomic E-state index is -0.191. The third-order valence-corrected chi connectivity index (χ3v) is 4.06. The highest BCUT2D eigenvalue weighted by molar-refractivity contribution is 6.21. The zero-order valence-electron chi connectivity index (χ0n) is 10.4. The van der Waals surface area contributed by atoms with Crippen LogP contribution in [-0.2, 0) is 9.53 Å². The summed E-state index contributed by atoms with van der Waals surface area (Å²) in [6, 6.07) is 0. The minimum Gasteiger partial charge on any atom is -0.378 e. The molecule has 1 atom stereocenters. The van der Waals surface area contributed by atoms with Crippen molar-refractivity contribution in [2.75, 3.05) is 13.7 Å². The number of alkyl halides is 1. The highest BCUT2D eigenvalue weighted by Gasteiger charge is 2.38. The fourth-order valence-electron chi connectivity index (χ4n) is 1.83. The standard InChI is InChI=1S/C12H22ClNO2/c1-9(2)10(13)8-14-11(15)7-12(16-3)5-4-6-12/h9-10H,4-8H2,1-3H3,(H,14,15). The lowest BCUT2D eigenvalue weighted by Crippen LogP contribution is -2.45. The second-order valence-corrected chi connectivity index (χ2v) is 5.54. The molecule has 16 heavy (non-hydrogen) atoms. The Labute approximate surface area is 103 Å². The van der Waals surface area contributed by atoms with Crippen LogP contribution in [-0.4, -0.2) is 30.5 Å². The van der Waals surface area contributed by atoms with Crippen LogP contribution in [0, 0.1) is 5.92 Å². The van der Waals surface area contributed by atoms with Crippen molar-refractivity contribution in [3.05, 3.63) is 0 Å². The van der Waals surface area contributed by atoms with Crippen LogP contribution in [0.1, 0.15) is 39.5 Å². The summed E-state index contributed by atoms with van der Waals surface area (Å²) in [6.45, 7) is 4.64. The monoisotopic (exact) mass is 247 g/mol. The zero-order valence-corrected chi connectivity index (χ0v) is 11.1. The average Bonchev–Trinajstić information content (AvgIpc) is 2.19. The second kappa shape index (κ2) is 5.87. The fourth-order valence-corrected chi connectivity index (χ4v) is 1.90. The molecule has 0 spiro atoms. The molecule has 1 unspecified atom stereocenters. The second-order valence-electron chi connectivity index (χ2n) is 4.98. The Bertz CT molecular complexity index is 234. The van der Waals surface area contributed by atoms with E-state index in [9.17, 15) is 4.79 Å². The van der Waals surface area contributed by atoms with Gasteiger partial charge in [0.2, 0.25) is 5.91 Å². The van der Waals surface area contributed by atoms with Gasteiger partial charge in [0, 0.05) is 13.7 Å². The van der Waals surface area contributed by atoms with Crippen LogP contribution in [0.15, 0.2) is 0 Å². The Kier molecular flexibility index (Phi) is 5.06. The van der Waals surface area contributed by atoms with E-state index in [0.29, 0.717) is 18.9 Å². The number of halogens is 1. The van der Waals surface area contributed by atoms with Gasteiger partial charge in [-0.1, -0.05) is 13.8 Å². The van der Waals surface area contributed by atoms with Gasteiger partial charge >= 0.3 is 0 Å². The van der Waals surface area contributed by atoms with E-state index in [4.69, 9.17) is 16.3 Å². The first-order valence-corrected chi connectivity index (χ1v) is 6.39. The lowest BCUT2D eigenvalue weighted by Gasteiger charge is -2.40. The van der Waals surface area contributed by atoms with E-state index in [2.05, 4.69) is 5.32 Å². The third kappa shape index (κ3) is 3.63. The predicted molar refractivity (Wildman–Crippen MR) is 65.7 cm³/mol. The Balaban J connectivity index is 2.25. The molecule has 4 heteroatoms. The summed E-state index contributed by atoms with van der Waals surface area (Å²) >= 11 is 6.07.